The molecule has 1 N–H and O–H groups in total. The van der Waals surface area contributed by atoms with E-state index in [2.05, 4.69) is 36.1 Å². The van der Waals surface area contributed by atoms with Gasteiger partial charge in [-0.25, -0.2) is 9.67 Å². The van der Waals surface area contributed by atoms with Crippen LogP contribution in [0.1, 0.15) is 56.5 Å². The molecule has 2 aromatic heterocycles. The Kier molecular flexibility index (Phi) is 5.01. The van der Waals surface area contributed by atoms with Gasteiger partial charge in [-0.05, 0) is 25.8 Å². The molecule has 0 aromatic carbocycles. The lowest BCUT2D eigenvalue weighted by atomic mass is 9.94. The van der Waals surface area contributed by atoms with E-state index >= 15 is 0 Å². The predicted octanol–water partition coefficient (Wildman–Crippen LogP) is 1.50. The topological polar surface area (TPSA) is 80.9 Å². The molecule has 2 aliphatic rings. The first-order chi connectivity index (χ1) is 12.7. The summed E-state index contributed by atoms with van der Waals surface area (Å²) in [6.07, 6.45) is 9.77. The minimum absolute atomic E-state index is 0.0784. The van der Waals surface area contributed by atoms with Gasteiger partial charge in [-0.15, -0.1) is 0 Å². The largest absolute Gasteiger partial charge is 0.349 e. The van der Waals surface area contributed by atoms with E-state index in [1.165, 1.54) is 44.1 Å². The van der Waals surface area contributed by atoms with Crippen molar-refractivity contribution in [1.82, 2.24) is 34.8 Å². The van der Waals surface area contributed by atoms with Crippen molar-refractivity contribution in [2.24, 2.45) is 0 Å². The zero-order chi connectivity index (χ0) is 17.9. The molecular formula is C18H27N7O. The first kappa shape index (κ1) is 17.2. The van der Waals surface area contributed by atoms with Gasteiger partial charge < -0.3 is 5.32 Å². The number of fused-ring (bicyclic) bond motifs is 1. The maximum Gasteiger partial charge on any atom is 0.244 e. The van der Waals surface area contributed by atoms with Crippen molar-refractivity contribution in [2.45, 2.75) is 70.7 Å². The van der Waals surface area contributed by atoms with E-state index in [1.807, 2.05) is 6.92 Å². The molecule has 1 fully saturated rings. The number of aromatic nitrogens is 5. The fraction of sp³-hybridized carbons (Fsp3) is 0.667. The Bertz CT molecular complexity index is 733. The summed E-state index contributed by atoms with van der Waals surface area (Å²) >= 11 is 0. The number of amides is 1. The second-order valence-corrected chi connectivity index (χ2v) is 7.38. The average Bonchev–Trinajstić information content (AvgIpc) is 3.35. The molecule has 0 saturated heterocycles. The normalized spacial score (nSPS) is 19.9. The van der Waals surface area contributed by atoms with Crippen LogP contribution in [0, 0.1) is 0 Å². The Balaban J connectivity index is 1.33. The third-order valence-corrected chi connectivity index (χ3v) is 5.63. The number of hydrogen-bond donors (Lipinski definition) is 1. The fourth-order valence-electron chi connectivity index (χ4n) is 4.05. The third-order valence-electron chi connectivity index (χ3n) is 5.63. The van der Waals surface area contributed by atoms with Gasteiger partial charge in [-0.2, -0.15) is 10.2 Å². The van der Waals surface area contributed by atoms with Crippen LogP contribution in [-0.4, -0.2) is 47.9 Å². The monoisotopic (exact) mass is 357 g/mol. The van der Waals surface area contributed by atoms with Gasteiger partial charge in [-0.3, -0.25) is 14.4 Å². The van der Waals surface area contributed by atoms with Gasteiger partial charge in [0.2, 0.25) is 5.91 Å². The molecular weight excluding hydrogens is 330 g/mol. The quantitative estimate of drug-likeness (QED) is 0.877. The molecule has 8 heteroatoms. The number of rotatable bonds is 5. The summed E-state index contributed by atoms with van der Waals surface area (Å²) in [7, 11) is 0. The molecule has 1 aliphatic heterocycles. The second-order valence-electron chi connectivity index (χ2n) is 7.38. The van der Waals surface area contributed by atoms with Crippen LogP contribution in [0.25, 0.3) is 0 Å². The maximum absolute atomic E-state index is 12.3. The SMILES string of the molecule is C[C@@H](C(=O)NCc1cc2n(n1)CCN(C1CCCCC1)C2)n1cncn1. The van der Waals surface area contributed by atoms with Gasteiger partial charge in [0.1, 0.15) is 18.7 Å². The Morgan fingerprint density at radius 2 is 2.15 bits per heavy atom. The van der Waals surface area contributed by atoms with Crippen LogP contribution in [-0.2, 0) is 24.4 Å². The van der Waals surface area contributed by atoms with Gasteiger partial charge in [0.15, 0.2) is 0 Å². The van der Waals surface area contributed by atoms with Gasteiger partial charge in [-0.1, -0.05) is 19.3 Å². The second kappa shape index (κ2) is 7.57. The lowest BCUT2D eigenvalue weighted by Crippen LogP contribution is -2.42. The zero-order valence-corrected chi connectivity index (χ0v) is 15.3. The molecule has 8 nitrogen and oxygen atoms in total. The lowest BCUT2D eigenvalue weighted by molar-refractivity contribution is -0.124. The van der Waals surface area contributed by atoms with Crippen molar-refractivity contribution in [1.29, 1.82) is 0 Å². The molecule has 4 rings (SSSR count). The summed E-state index contributed by atoms with van der Waals surface area (Å²) in [5.74, 6) is -0.0784. The smallest absolute Gasteiger partial charge is 0.244 e. The van der Waals surface area contributed by atoms with Crippen LogP contribution < -0.4 is 5.32 Å². The van der Waals surface area contributed by atoms with E-state index in [0.29, 0.717) is 6.54 Å². The molecule has 1 saturated carbocycles. The Hall–Kier alpha value is -2.22. The predicted molar refractivity (Wildman–Crippen MR) is 96.1 cm³/mol. The minimum atomic E-state index is -0.378. The van der Waals surface area contributed by atoms with Crippen LogP contribution >= 0.6 is 0 Å². The summed E-state index contributed by atoms with van der Waals surface area (Å²) < 4.78 is 3.65. The van der Waals surface area contributed by atoms with Gasteiger partial charge in [0.25, 0.3) is 0 Å². The number of hydrogen-bond acceptors (Lipinski definition) is 5. The molecule has 1 amide bonds. The minimum Gasteiger partial charge on any atom is -0.349 e. The first-order valence-electron chi connectivity index (χ1n) is 9.62. The molecule has 3 heterocycles. The molecule has 1 atom stereocenters. The van der Waals surface area contributed by atoms with Crippen molar-refractivity contribution in [2.75, 3.05) is 6.54 Å². The van der Waals surface area contributed by atoms with Crippen LogP contribution in [0.15, 0.2) is 18.7 Å². The van der Waals surface area contributed by atoms with Crippen molar-refractivity contribution in [3.05, 3.63) is 30.1 Å². The maximum atomic E-state index is 12.3. The van der Waals surface area contributed by atoms with Crippen molar-refractivity contribution < 1.29 is 4.79 Å². The van der Waals surface area contributed by atoms with Crippen molar-refractivity contribution in [3.63, 3.8) is 0 Å². The Morgan fingerprint density at radius 1 is 1.31 bits per heavy atom. The van der Waals surface area contributed by atoms with E-state index in [4.69, 9.17) is 0 Å². The molecule has 26 heavy (non-hydrogen) atoms. The summed E-state index contributed by atoms with van der Waals surface area (Å²) in [5.41, 5.74) is 2.18. The fourth-order valence-corrected chi connectivity index (χ4v) is 4.05. The van der Waals surface area contributed by atoms with Crippen molar-refractivity contribution >= 4 is 5.91 Å². The van der Waals surface area contributed by atoms with Crippen molar-refractivity contribution in [3.8, 4) is 0 Å². The molecule has 0 radical (unpaired) electrons. The van der Waals surface area contributed by atoms with E-state index in [9.17, 15) is 4.79 Å². The van der Waals surface area contributed by atoms with Crippen LogP contribution in [0.2, 0.25) is 0 Å². The van der Waals surface area contributed by atoms with E-state index in [-0.39, 0.29) is 11.9 Å². The number of nitrogens with one attached hydrogen (secondary N) is 1. The summed E-state index contributed by atoms with van der Waals surface area (Å²) in [6, 6.07) is 2.49. The van der Waals surface area contributed by atoms with E-state index in [1.54, 1.807) is 11.0 Å². The number of nitrogens with zero attached hydrogens (tertiary/aromatic N) is 6. The highest BCUT2D eigenvalue weighted by Gasteiger charge is 2.26. The summed E-state index contributed by atoms with van der Waals surface area (Å²) in [4.78, 5) is 18.8. The third kappa shape index (κ3) is 3.65. The molecule has 0 bridgehead atoms. The standard InChI is InChI=1S/C18H27N7O/c1-14(25-13-19-12-21-25)18(26)20-10-15-9-17-11-23(7-8-24(17)22-15)16-5-3-2-4-6-16/h9,12-14,16H,2-8,10-11H2,1H3,(H,20,26)/t14-/m0/s1. The van der Waals surface area contributed by atoms with E-state index in [0.717, 1.165) is 31.4 Å². The highest BCUT2D eigenvalue weighted by Crippen LogP contribution is 2.26. The lowest BCUT2D eigenvalue weighted by Gasteiger charge is -2.36. The zero-order valence-electron chi connectivity index (χ0n) is 15.3. The van der Waals surface area contributed by atoms with Crippen LogP contribution in [0.4, 0.5) is 0 Å². The average molecular weight is 357 g/mol. The van der Waals surface area contributed by atoms with Gasteiger partial charge in [0, 0.05) is 19.1 Å². The molecule has 2 aromatic rings. The Morgan fingerprint density at radius 3 is 2.92 bits per heavy atom. The van der Waals surface area contributed by atoms with Crippen LogP contribution in [0.5, 0.6) is 0 Å². The summed E-state index contributed by atoms with van der Waals surface area (Å²) in [5, 5.41) is 11.6. The highest BCUT2D eigenvalue weighted by molar-refractivity contribution is 5.79. The number of carbonyl (C=O) groups excluding carboxylic acids is 1. The molecule has 140 valence electrons. The molecule has 0 unspecified atom stereocenters. The molecule has 0 spiro atoms. The number of carbonyl (C=O) groups is 1. The van der Waals surface area contributed by atoms with Gasteiger partial charge >= 0.3 is 0 Å². The molecule has 1 aliphatic carbocycles. The van der Waals surface area contributed by atoms with Crippen LogP contribution in [0.3, 0.4) is 0 Å². The van der Waals surface area contributed by atoms with Gasteiger partial charge in [0.05, 0.1) is 24.5 Å². The Labute approximate surface area is 153 Å². The first-order valence-corrected chi connectivity index (χ1v) is 9.62. The highest BCUT2D eigenvalue weighted by atomic mass is 16.2. The summed E-state index contributed by atoms with van der Waals surface area (Å²) in [6.45, 7) is 5.25. The van der Waals surface area contributed by atoms with E-state index < -0.39 is 0 Å².